The average Bonchev–Trinajstić information content (AvgIpc) is 2.79. The molecule has 1 saturated carbocycles. The number of rotatable bonds is 5. The molecule has 1 aromatic heterocycles. The van der Waals surface area contributed by atoms with Gasteiger partial charge in [0.15, 0.2) is 0 Å². The van der Waals surface area contributed by atoms with E-state index in [9.17, 15) is 5.11 Å². The van der Waals surface area contributed by atoms with E-state index in [0.717, 1.165) is 54.9 Å². The smallest absolute Gasteiger partial charge is 0.128 e. The molecule has 0 aliphatic heterocycles. The number of pyridine rings is 1. The molecule has 0 radical (unpaired) electrons. The first-order valence-corrected chi connectivity index (χ1v) is 6.99. The van der Waals surface area contributed by atoms with Crippen LogP contribution in [0.1, 0.15) is 36.1 Å². The van der Waals surface area contributed by atoms with Gasteiger partial charge in [-0.15, -0.1) is 0 Å². The fourth-order valence-corrected chi connectivity index (χ4v) is 2.88. The van der Waals surface area contributed by atoms with Crippen LogP contribution in [0.3, 0.4) is 0 Å². The zero-order valence-electron chi connectivity index (χ0n) is 12.1. The van der Waals surface area contributed by atoms with Gasteiger partial charge in [0.1, 0.15) is 5.75 Å². The van der Waals surface area contributed by atoms with Crippen LogP contribution in [0.5, 0.6) is 5.75 Å². The number of nitrogens with one attached hydrogen (secondary N) is 1. The van der Waals surface area contributed by atoms with Crippen LogP contribution in [0, 0.1) is 19.8 Å². The molecule has 0 bridgehead atoms. The molecule has 2 N–H and O–H groups in total. The van der Waals surface area contributed by atoms with Gasteiger partial charge in [-0.25, -0.2) is 0 Å². The number of hydrogen-bond donors (Lipinski definition) is 2. The monoisotopic (exact) mass is 264 g/mol. The summed E-state index contributed by atoms with van der Waals surface area (Å²) >= 11 is 0. The lowest BCUT2D eigenvalue weighted by molar-refractivity contribution is 0.177. The van der Waals surface area contributed by atoms with Crippen molar-refractivity contribution in [1.29, 1.82) is 0 Å². The molecule has 4 heteroatoms. The van der Waals surface area contributed by atoms with Gasteiger partial charge < -0.3 is 15.2 Å². The molecule has 1 aromatic rings. The van der Waals surface area contributed by atoms with Gasteiger partial charge in [-0.1, -0.05) is 0 Å². The van der Waals surface area contributed by atoms with Crippen LogP contribution < -0.4 is 10.1 Å². The van der Waals surface area contributed by atoms with Crippen LogP contribution >= 0.6 is 0 Å². The van der Waals surface area contributed by atoms with Crippen molar-refractivity contribution in [1.82, 2.24) is 10.3 Å². The largest absolute Gasteiger partial charge is 0.496 e. The van der Waals surface area contributed by atoms with Crippen molar-refractivity contribution in [3.05, 3.63) is 23.0 Å². The predicted octanol–water partition coefficient (Wildman–Crippen LogP) is 1.96. The average molecular weight is 264 g/mol. The van der Waals surface area contributed by atoms with Crippen LogP contribution in [-0.4, -0.2) is 29.8 Å². The van der Waals surface area contributed by atoms with Crippen molar-refractivity contribution in [2.45, 2.75) is 45.8 Å². The molecule has 1 fully saturated rings. The van der Waals surface area contributed by atoms with Gasteiger partial charge in [0.05, 0.1) is 18.9 Å². The highest BCUT2D eigenvalue weighted by molar-refractivity contribution is 5.40. The number of ether oxygens (including phenoxy) is 1. The highest BCUT2D eigenvalue weighted by atomic mass is 16.5. The van der Waals surface area contributed by atoms with Crippen LogP contribution in [0.4, 0.5) is 0 Å². The maximum atomic E-state index is 9.50. The minimum absolute atomic E-state index is 0.0915. The summed E-state index contributed by atoms with van der Waals surface area (Å²) in [7, 11) is 1.70. The van der Waals surface area contributed by atoms with Gasteiger partial charge in [0, 0.05) is 23.9 Å². The summed E-state index contributed by atoms with van der Waals surface area (Å²) in [6.07, 6.45) is 4.77. The summed E-state index contributed by atoms with van der Waals surface area (Å²) in [5.74, 6) is 1.53. The van der Waals surface area contributed by atoms with Gasteiger partial charge in [-0.05, 0) is 45.6 Å². The van der Waals surface area contributed by atoms with Crippen LogP contribution in [-0.2, 0) is 6.54 Å². The highest BCUT2D eigenvalue weighted by Gasteiger charge is 2.22. The topological polar surface area (TPSA) is 54.4 Å². The second-order valence-corrected chi connectivity index (χ2v) is 5.51. The first kappa shape index (κ1) is 14.3. The SMILES string of the molecule is COc1c(C)cnc(CNCC2CCC(O)C2)c1C. The number of aryl methyl sites for hydroxylation is 1. The Kier molecular flexibility index (Phi) is 4.77. The Bertz CT molecular complexity index is 434. The number of hydrogen-bond acceptors (Lipinski definition) is 4. The van der Waals surface area contributed by atoms with Crippen molar-refractivity contribution >= 4 is 0 Å². The summed E-state index contributed by atoms with van der Waals surface area (Å²) in [5.41, 5.74) is 3.23. The third-order valence-corrected chi connectivity index (χ3v) is 3.99. The second kappa shape index (κ2) is 6.35. The van der Waals surface area contributed by atoms with E-state index in [1.165, 1.54) is 0 Å². The molecule has 106 valence electrons. The van der Waals surface area contributed by atoms with E-state index in [1.807, 2.05) is 13.1 Å². The van der Waals surface area contributed by atoms with Gasteiger partial charge in [-0.2, -0.15) is 0 Å². The van der Waals surface area contributed by atoms with Gasteiger partial charge in [-0.3, -0.25) is 4.98 Å². The van der Waals surface area contributed by atoms with Crippen molar-refractivity contribution in [2.75, 3.05) is 13.7 Å². The molecule has 2 rings (SSSR count). The normalized spacial score (nSPS) is 22.7. The molecule has 1 aliphatic rings. The van der Waals surface area contributed by atoms with E-state index >= 15 is 0 Å². The van der Waals surface area contributed by atoms with E-state index in [1.54, 1.807) is 7.11 Å². The van der Waals surface area contributed by atoms with E-state index in [2.05, 4.69) is 17.2 Å². The van der Waals surface area contributed by atoms with Gasteiger partial charge >= 0.3 is 0 Å². The molecule has 2 atom stereocenters. The molecular weight excluding hydrogens is 240 g/mol. The Hall–Kier alpha value is -1.13. The summed E-state index contributed by atoms with van der Waals surface area (Å²) in [5, 5.41) is 12.9. The second-order valence-electron chi connectivity index (χ2n) is 5.51. The third-order valence-electron chi connectivity index (χ3n) is 3.99. The van der Waals surface area contributed by atoms with Crippen molar-refractivity contribution in [3.63, 3.8) is 0 Å². The number of aliphatic hydroxyl groups is 1. The zero-order valence-corrected chi connectivity index (χ0v) is 12.1. The maximum Gasteiger partial charge on any atom is 0.128 e. The summed E-state index contributed by atoms with van der Waals surface area (Å²) < 4.78 is 5.41. The van der Waals surface area contributed by atoms with E-state index in [0.29, 0.717) is 5.92 Å². The Labute approximate surface area is 115 Å². The maximum absolute atomic E-state index is 9.50. The molecule has 0 saturated heterocycles. The first-order chi connectivity index (χ1) is 9.11. The Morgan fingerprint density at radius 3 is 2.84 bits per heavy atom. The highest BCUT2D eigenvalue weighted by Crippen LogP contribution is 2.26. The number of nitrogens with zero attached hydrogens (tertiary/aromatic N) is 1. The zero-order chi connectivity index (χ0) is 13.8. The fourth-order valence-electron chi connectivity index (χ4n) is 2.88. The van der Waals surface area contributed by atoms with Crippen molar-refractivity contribution in [3.8, 4) is 5.75 Å². The lowest BCUT2D eigenvalue weighted by Crippen LogP contribution is -2.22. The summed E-state index contributed by atoms with van der Waals surface area (Å²) in [6.45, 7) is 5.77. The molecule has 0 amide bonds. The van der Waals surface area contributed by atoms with E-state index in [4.69, 9.17) is 4.74 Å². The lowest BCUT2D eigenvalue weighted by atomic mass is 10.1. The minimum Gasteiger partial charge on any atom is -0.496 e. The predicted molar refractivity (Wildman–Crippen MR) is 75.3 cm³/mol. The van der Waals surface area contributed by atoms with E-state index < -0.39 is 0 Å². The molecule has 2 unspecified atom stereocenters. The Balaban J connectivity index is 1.89. The molecule has 0 aromatic carbocycles. The van der Waals surface area contributed by atoms with E-state index in [-0.39, 0.29) is 6.10 Å². The minimum atomic E-state index is -0.0915. The lowest BCUT2D eigenvalue weighted by Gasteiger charge is -2.14. The van der Waals surface area contributed by atoms with Crippen molar-refractivity contribution in [2.24, 2.45) is 5.92 Å². The molecule has 1 aliphatic carbocycles. The van der Waals surface area contributed by atoms with Gasteiger partial charge in [0.25, 0.3) is 0 Å². The number of aliphatic hydroxyl groups excluding tert-OH is 1. The molecule has 19 heavy (non-hydrogen) atoms. The number of methoxy groups -OCH3 is 1. The first-order valence-electron chi connectivity index (χ1n) is 6.99. The summed E-state index contributed by atoms with van der Waals surface area (Å²) in [4.78, 5) is 4.47. The van der Waals surface area contributed by atoms with Crippen LogP contribution in [0.25, 0.3) is 0 Å². The molecule has 0 spiro atoms. The van der Waals surface area contributed by atoms with Crippen LogP contribution in [0.15, 0.2) is 6.20 Å². The quantitative estimate of drug-likeness (QED) is 0.853. The Morgan fingerprint density at radius 1 is 1.42 bits per heavy atom. The van der Waals surface area contributed by atoms with Gasteiger partial charge in [0.2, 0.25) is 0 Å². The standard InChI is InChI=1S/C15H24N2O2/c1-10-7-17-14(11(2)15(10)19-3)9-16-8-12-4-5-13(18)6-12/h7,12-13,16,18H,4-6,8-9H2,1-3H3. The molecule has 4 nitrogen and oxygen atoms in total. The Morgan fingerprint density at radius 2 is 2.21 bits per heavy atom. The number of aromatic nitrogens is 1. The molecular formula is C15H24N2O2. The van der Waals surface area contributed by atoms with Crippen LogP contribution in [0.2, 0.25) is 0 Å². The summed E-state index contributed by atoms with van der Waals surface area (Å²) in [6, 6.07) is 0. The fraction of sp³-hybridized carbons (Fsp3) is 0.667. The third kappa shape index (κ3) is 3.45. The molecule has 1 heterocycles. The van der Waals surface area contributed by atoms with Crippen molar-refractivity contribution < 1.29 is 9.84 Å².